The molecule has 1 spiro atoms. The first kappa shape index (κ1) is 16.3. The Morgan fingerprint density at radius 3 is 2.59 bits per heavy atom. The van der Waals surface area contributed by atoms with Crippen LogP contribution in [0.2, 0.25) is 0 Å². The van der Waals surface area contributed by atoms with Gasteiger partial charge in [0.1, 0.15) is 5.60 Å². The van der Waals surface area contributed by atoms with E-state index in [-0.39, 0.29) is 17.1 Å². The van der Waals surface area contributed by atoms with Gasteiger partial charge in [0.15, 0.2) is 0 Å². The van der Waals surface area contributed by atoms with Crippen molar-refractivity contribution in [1.82, 2.24) is 0 Å². The second-order valence-corrected chi connectivity index (χ2v) is 8.84. The molecule has 0 unspecified atom stereocenters. The summed E-state index contributed by atoms with van der Waals surface area (Å²) in [4.78, 5) is 0. The van der Waals surface area contributed by atoms with Gasteiger partial charge in [0, 0.05) is 5.92 Å². The van der Waals surface area contributed by atoms with Crippen molar-refractivity contribution in [2.75, 3.05) is 6.61 Å². The third-order valence-electron chi connectivity index (χ3n) is 7.16. The van der Waals surface area contributed by atoms with Gasteiger partial charge in [-0.15, -0.1) is 0 Å². The fraction of sp³-hybridized carbons (Fsp3) is 0.800. The average Bonchev–Trinajstić information content (AvgIpc) is 3.22. The van der Waals surface area contributed by atoms with Gasteiger partial charge < -0.3 is 9.84 Å². The topological polar surface area (TPSA) is 32.8 Å². The van der Waals surface area contributed by atoms with Crippen molar-refractivity contribution in [3.05, 3.63) is 24.3 Å². The maximum Gasteiger partial charge on any atom is 0.121 e. The van der Waals surface area contributed by atoms with Gasteiger partial charge in [-0.2, -0.15) is 0 Å². The van der Waals surface area contributed by atoms with E-state index in [0.717, 1.165) is 19.4 Å². The lowest BCUT2D eigenvalue weighted by Gasteiger charge is -2.60. The Morgan fingerprint density at radius 2 is 2.00 bits per heavy atom. The Morgan fingerprint density at radius 1 is 1.32 bits per heavy atom. The summed E-state index contributed by atoms with van der Waals surface area (Å²) in [5, 5.41) is 10.8. The van der Waals surface area contributed by atoms with E-state index in [1.165, 1.54) is 24.8 Å². The number of hydrogen-bond donors (Lipinski definition) is 1. The quantitative estimate of drug-likeness (QED) is 0.615. The zero-order valence-corrected chi connectivity index (χ0v) is 14.7. The fourth-order valence-electron chi connectivity index (χ4n) is 5.72. The van der Waals surface area contributed by atoms with E-state index in [0.29, 0.717) is 17.3 Å². The number of aliphatic hydroxyl groups is 1. The highest BCUT2D eigenvalue weighted by molar-refractivity contribution is 5.20. The molecule has 0 bridgehead atoms. The summed E-state index contributed by atoms with van der Waals surface area (Å²) in [6, 6.07) is 0. The Balaban J connectivity index is 1.96. The summed E-state index contributed by atoms with van der Waals surface area (Å²) in [5.41, 5.74) is 1.55. The van der Waals surface area contributed by atoms with E-state index in [1.54, 1.807) is 0 Å². The van der Waals surface area contributed by atoms with Crippen LogP contribution in [0, 0.1) is 22.7 Å². The molecule has 1 aliphatic heterocycles. The first-order chi connectivity index (χ1) is 10.3. The SMILES string of the molecule is C=C/C(C)=C/C[C@@H]1[C@@]2(C)CCCC(C)(C)[C@@H]2C[C@H](O)[C@@]12CO2. The van der Waals surface area contributed by atoms with E-state index in [9.17, 15) is 5.11 Å². The molecule has 1 N–H and O–H groups in total. The van der Waals surface area contributed by atoms with Crippen LogP contribution in [0.4, 0.5) is 0 Å². The van der Waals surface area contributed by atoms with Crippen LogP contribution in [0.1, 0.15) is 59.8 Å². The molecular formula is C20H32O2. The van der Waals surface area contributed by atoms with Gasteiger partial charge in [0.2, 0.25) is 0 Å². The highest BCUT2D eigenvalue weighted by Crippen LogP contribution is 2.66. The van der Waals surface area contributed by atoms with Gasteiger partial charge in [-0.1, -0.05) is 51.5 Å². The highest BCUT2D eigenvalue weighted by atomic mass is 16.6. The molecule has 0 aromatic heterocycles. The molecule has 2 heteroatoms. The molecule has 3 rings (SSSR count). The lowest BCUT2D eigenvalue weighted by Crippen LogP contribution is -2.59. The predicted octanol–water partition coefficient (Wildman–Crippen LogP) is 4.49. The first-order valence-electron chi connectivity index (χ1n) is 8.87. The molecule has 1 saturated heterocycles. The molecule has 5 atom stereocenters. The summed E-state index contributed by atoms with van der Waals surface area (Å²) >= 11 is 0. The monoisotopic (exact) mass is 304 g/mol. The van der Waals surface area contributed by atoms with Crippen LogP contribution in [0.5, 0.6) is 0 Å². The molecular weight excluding hydrogens is 272 g/mol. The van der Waals surface area contributed by atoms with Gasteiger partial charge in [0.25, 0.3) is 0 Å². The summed E-state index contributed by atoms with van der Waals surface area (Å²) in [5.74, 6) is 1.00. The Labute approximate surface area is 135 Å². The number of fused-ring (bicyclic) bond motifs is 1. The molecule has 3 fully saturated rings. The van der Waals surface area contributed by atoms with Gasteiger partial charge in [-0.05, 0) is 49.4 Å². The molecule has 1 heterocycles. The second-order valence-electron chi connectivity index (χ2n) is 8.84. The molecule has 0 amide bonds. The highest BCUT2D eigenvalue weighted by Gasteiger charge is 2.68. The van der Waals surface area contributed by atoms with Crippen LogP contribution in [0.25, 0.3) is 0 Å². The van der Waals surface area contributed by atoms with Crippen molar-refractivity contribution in [3.8, 4) is 0 Å². The van der Waals surface area contributed by atoms with Crippen LogP contribution in [0.3, 0.4) is 0 Å². The maximum absolute atomic E-state index is 10.8. The van der Waals surface area contributed by atoms with Crippen LogP contribution in [0.15, 0.2) is 24.3 Å². The van der Waals surface area contributed by atoms with Crippen LogP contribution < -0.4 is 0 Å². The Bertz CT molecular complexity index is 486. The maximum atomic E-state index is 10.8. The van der Waals surface area contributed by atoms with Crippen molar-refractivity contribution >= 4 is 0 Å². The molecule has 3 aliphatic rings. The van der Waals surface area contributed by atoms with Gasteiger partial charge in [-0.3, -0.25) is 0 Å². The van der Waals surface area contributed by atoms with E-state index in [4.69, 9.17) is 4.74 Å². The number of hydrogen-bond acceptors (Lipinski definition) is 2. The van der Waals surface area contributed by atoms with E-state index >= 15 is 0 Å². The van der Waals surface area contributed by atoms with E-state index < -0.39 is 0 Å². The average molecular weight is 304 g/mol. The zero-order chi connectivity index (χ0) is 16.2. The first-order valence-corrected chi connectivity index (χ1v) is 8.87. The molecule has 0 aromatic carbocycles. The summed E-state index contributed by atoms with van der Waals surface area (Å²) in [6.07, 6.45) is 9.67. The second kappa shape index (κ2) is 5.21. The smallest absolute Gasteiger partial charge is 0.121 e. The van der Waals surface area contributed by atoms with Crippen molar-refractivity contribution < 1.29 is 9.84 Å². The molecule has 124 valence electrons. The van der Waals surface area contributed by atoms with Crippen LogP contribution in [-0.4, -0.2) is 23.4 Å². The van der Waals surface area contributed by atoms with Crippen molar-refractivity contribution in [2.24, 2.45) is 22.7 Å². The molecule has 0 radical (unpaired) electrons. The third-order valence-corrected chi connectivity index (χ3v) is 7.16. The van der Waals surface area contributed by atoms with Gasteiger partial charge >= 0.3 is 0 Å². The van der Waals surface area contributed by atoms with Gasteiger partial charge in [-0.25, -0.2) is 0 Å². The number of allylic oxidation sites excluding steroid dienone is 3. The van der Waals surface area contributed by atoms with Crippen LogP contribution >= 0.6 is 0 Å². The predicted molar refractivity (Wildman–Crippen MR) is 90.6 cm³/mol. The van der Waals surface area contributed by atoms with E-state index in [2.05, 4.69) is 40.3 Å². The summed E-state index contributed by atoms with van der Waals surface area (Å²) in [7, 11) is 0. The summed E-state index contributed by atoms with van der Waals surface area (Å²) < 4.78 is 5.91. The molecule has 2 nitrogen and oxygen atoms in total. The zero-order valence-electron chi connectivity index (χ0n) is 14.7. The fourth-order valence-corrected chi connectivity index (χ4v) is 5.72. The summed E-state index contributed by atoms with van der Waals surface area (Å²) in [6.45, 7) is 14.0. The van der Waals surface area contributed by atoms with Gasteiger partial charge in [0.05, 0.1) is 12.7 Å². The minimum atomic E-state index is -0.301. The number of epoxide rings is 1. The third kappa shape index (κ3) is 2.30. The molecule has 0 aromatic rings. The Kier molecular flexibility index (Phi) is 3.85. The number of aliphatic hydroxyl groups excluding tert-OH is 1. The minimum Gasteiger partial charge on any atom is -0.390 e. The van der Waals surface area contributed by atoms with Crippen molar-refractivity contribution in [1.29, 1.82) is 0 Å². The largest absolute Gasteiger partial charge is 0.390 e. The standard InChI is InChI=1S/C20H32O2/c1-6-14(2)8-9-15-19(5)11-7-10-18(3,4)16(19)12-17(21)20(15)13-22-20/h6,8,15-17,21H,1,7,9-13H2,2-5H3/b14-8+/t15-,16+,17+,19-,20-/m1/s1. The molecule has 2 aliphatic carbocycles. The van der Waals surface area contributed by atoms with Crippen LogP contribution in [-0.2, 0) is 4.74 Å². The lowest BCUT2D eigenvalue weighted by atomic mass is 9.45. The number of ether oxygens (including phenoxy) is 1. The van der Waals surface area contributed by atoms with Crippen molar-refractivity contribution in [2.45, 2.75) is 71.5 Å². The molecule has 2 saturated carbocycles. The minimum absolute atomic E-state index is 0.267. The lowest BCUT2D eigenvalue weighted by molar-refractivity contribution is -0.151. The van der Waals surface area contributed by atoms with Crippen molar-refractivity contribution in [3.63, 3.8) is 0 Å². The van der Waals surface area contributed by atoms with E-state index in [1.807, 2.05) is 6.08 Å². The molecule has 22 heavy (non-hydrogen) atoms. The normalized spacial score (nSPS) is 47.1. The Hall–Kier alpha value is -0.600. The number of rotatable bonds is 3.